The summed E-state index contributed by atoms with van der Waals surface area (Å²) < 4.78 is 4.50. The van der Waals surface area contributed by atoms with Crippen LogP contribution in [-0.2, 0) is 9.53 Å². The van der Waals surface area contributed by atoms with Crippen molar-refractivity contribution in [3.05, 3.63) is 0 Å². The molecule has 3 heteroatoms. The predicted octanol–water partition coefficient (Wildman–Crippen LogP) is 0.393. The molecule has 1 rings (SSSR count). The van der Waals surface area contributed by atoms with Crippen molar-refractivity contribution in [2.24, 2.45) is 4.99 Å². The first kappa shape index (κ1) is 6.26. The molecule has 0 bridgehead atoms. The van der Waals surface area contributed by atoms with E-state index in [0.717, 1.165) is 12.8 Å². The SMILES string of the molecule is C=NC1(C(=O)OC)CC1. The van der Waals surface area contributed by atoms with Gasteiger partial charge in [0.05, 0.1) is 7.11 Å². The molecule has 1 aliphatic carbocycles. The van der Waals surface area contributed by atoms with Crippen LogP contribution in [-0.4, -0.2) is 25.3 Å². The van der Waals surface area contributed by atoms with Gasteiger partial charge in [0, 0.05) is 0 Å². The minimum Gasteiger partial charge on any atom is -0.467 e. The summed E-state index contributed by atoms with van der Waals surface area (Å²) in [6, 6.07) is 0. The Morgan fingerprint density at radius 2 is 2.33 bits per heavy atom. The van der Waals surface area contributed by atoms with Crippen LogP contribution in [0.2, 0.25) is 0 Å². The Morgan fingerprint density at radius 3 is 2.44 bits per heavy atom. The second kappa shape index (κ2) is 1.83. The van der Waals surface area contributed by atoms with E-state index in [1.807, 2.05) is 0 Å². The van der Waals surface area contributed by atoms with Gasteiger partial charge in [-0.05, 0) is 19.6 Å². The third kappa shape index (κ3) is 0.823. The summed E-state index contributed by atoms with van der Waals surface area (Å²) in [5.74, 6) is -0.252. The molecule has 1 fully saturated rings. The molecule has 0 spiro atoms. The van der Waals surface area contributed by atoms with Gasteiger partial charge in [-0.3, -0.25) is 4.99 Å². The highest BCUT2D eigenvalue weighted by atomic mass is 16.5. The zero-order valence-electron chi connectivity index (χ0n) is 5.39. The van der Waals surface area contributed by atoms with Crippen molar-refractivity contribution in [2.75, 3.05) is 7.11 Å². The molecule has 0 atom stereocenters. The van der Waals surface area contributed by atoms with Gasteiger partial charge in [-0.1, -0.05) is 0 Å². The fourth-order valence-corrected chi connectivity index (χ4v) is 0.735. The van der Waals surface area contributed by atoms with Gasteiger partial charge in [0.1, 0.15) is 0 Å². The van der Waals surface area contributed by atoms with E-state index >= 15 is 0 Å². The van der Waals surface area contributed by atoms with E-state index in [1.165, 1.54) is 7.11 Å². The zero-order chi connectivity index (χ0) is 6.91. The van der Waals surface area contributed by atoms with Crippen LogP contribution >= 0.6 is 0 Å². The fourth-order valence-electron chi connectivity index (χ4n) is 0.735. The number of methoxy groups -OCH3 is 1. The lowest BCUT2D eigenvalue weighted by molar-refractivity contribution is -0.143. The molecule has 3 nitrogen and oxygen atoms in total. The third-order valence-corrected chi connectivity index (χ3v) is 1.59. The first-order valence-electron chi connectivity index (χ1n) is 2.81. The van der Waals surface area contributed by atoms with Gasteiger partial charge in [0.25, 0.3) is 0 Å². The number of rotatable bonds is 2. The molecule has 1 aliphatic rings. The summed E-state index contributed by atoms with van der Waals surface area (Å²) in [4.78, 5) is 14.4. The molecule has 0 radical (unpaired) electrons. The first-order valence-corrected chi connectivity index (χ1v) is 2.81. The number of carbonyl (C=O) groups is 1. The van der Waals surface area contributed by atoms with Crippen LogP contribution in [0.15, 0.2) is 4.99 Å². The lowest BCUT2D eigenvalue weighted by atomic mass is 10.3. The van der Waals surface area contributed by atoms with Gasteiger partial charge in [0.15, 0.2) is 5.54 Å². The summed E-state index contributed by atoms with van der Waals surface area (Å²) in [5, 5.41) is 0. The molecular formula is C6H9NO2. The normalized spacial score (nSPS) is 20.6. The van der Waals surface area contributed by atoms with E-state index in [9.17, 15) is 4.79 Å². The van der Waals surface area contributed by atoms with Gasteiger partial charge in [-0.2, -0.15) is 0 Å². The largest absolute Gasteiger partial charge is 0.467 e. The Balaban J connectivity index is 2.59. The first-order chi connectivity index (χ1) is 4.25. The molecule has 0 unspecified atom stereocenters. The lowest BCUT2D eigenvalue weighted by Crippen LogP contribution is -2.20. The van der Waals surface area contributed by atoms with Crippen molar-refractivity contribution in [2.45, 2.75) is 18.4 Å². The van der Waals surface area contributed by atoms with Crippen molar-refractivity contribution in [3.63, 3.8) is 0 Å². The maximum Gasteiger partial charge on any atom is 0.333 e. The summed E-state index contributed by atoms with van der Waals surface area (Å²) >= 11 is 0. The van der Waals surface area contributed by atoms with E-state index in [1.54, 1.807) is 0 Å². The van der Waals surface area contributed by atoms with E-state index < -0.39 is 5.54 Å². The Labute approximate surface area is 53.7 Å². The maximum absolute atomic E-state index is 10.8. The van der Waals surface area contributed by atoms with E-state index in [2.05, 4.69) is 16.4 Å². The van der Waals surface area contributed by atoms with Crippen molar-refractivity contribution in [1.82, 2.24) is 0 Å². The van der Waals surface area contributed by atoms with Crippen molar-refractivity contribution < 1.29 is 9.53 Å². The molecule has 0 aliphatic heterocycles. The predicted molar refractivity (Wildman–Crippen MR) is 33.5 cm³/mol. The average Bonchev–Trinajstić information content (AvgIpc) is 2.66. The standard InChI is InChI=1S/C6H9NO2/c1-7-6(3-4-6)5(8)9-2/h1,3-4H2,2H3. The molecule has 0 amide bonds. The Bertz CT molecular complexity index is 149. The highest BCUT2D eigenvalue weighted by Crippen LogP contribution is 2.40. The Morgan fingerprint density at radius 1 is 1.78 bits per heavy atom. The van der Waals surface area contributed by atoms with Gasteiger partial charge in [-0.25, -0.2) is 4.79 Å². The van der Waals surface area contributed by atoms with E-state index in [-0.39, 0.29) is 5.97 Å². The van der Waals surface area contributed by atoms with Crippen LogP contribution < -0.4 is 0 Å². The number of aliphatic imine (C=N–C) groups is 1. The second-order valence-corrected chi connectivity index (χ2v) is 2.18. The van der Waals surface area contributed by atoms with Crippen LogP contribution in [0.5, 0.6) is 0 Å². The number of carbonyl (C=O) groups excluding carboxylic acids is 1. The van der Waals surface area contributed by atoms with Gasteiger partial charge < -0.3 is 4.74 Å². The zero-order valence-corrected chi connectivity index (χ0v) is 5.39. The molecule has 0 aromatic carbocycles. The van der Waals surface area contributed by atoms with Gasteiger partial charge in [-0.15, -0.1) is 0 Å². The van der Waals surface area contributed by atoms with Crippen molar-refractivity contribution in [1.29, 1.82) is 0 Å². The fraction of sp³-hybridized carbons (Fsp3) is 0.667. The molecule has 50 valence electrons. The minimum absolute atomic E-state index is 0.252. The average molecular weight is 127 g/mol. The molecule has 0 heterocycles. The summed E-state index contributed by atoms with van der Waals surface area (Å²) in [6.45, 7) is 3.31. The molecule has 0 saturated heterocycles. The smallest absolute Gasteiger partial charge is 0.333 e. The number of ether oxygens (including phenoxy) is 1. The highest BCUT2D eigenvalue weighted by molar-refractivity contribution is 5.85. The van der Waals surface area contributed by atoms with Crippen molar-refractivity contribution in [3.8, 4) is 0 Å². The summed E-state index contributed by atoms with van der Waals surface area (Å²) in [7, 11) is 1.37. The van der Waals surface area contributed by atoms with Crippen LogP contribution in [0, 0.1) is 0 Å². The van der Waals surface area contributed by atoms with Gasteiger partial charge >= 0.3 is 5.97 Å². The summed E-state index contributed by atoms with van der Waals surface area (Å²) in [5.41, 5.74) is -0.547. The molecule has 0 aromatic rings. The summed E-state index contributed by atoms with van der Waals surface area (Å²) in [6.07, 6.45) is 1.59. The number of hydrogen-bond acceptors (Lipinski definition) is 3. The van der Waals surface area contributed by atoms with E-state index in [4.69, 9.17) is 0 Å². The second-order valence-electron chi connectivity index (χ2n) is 2.18. The van der Waals surface area contributed by atoms with Crippen LogP contribution in [0.4, 0.5) is 0 Å². The van der Waals surface area contributed by atoms with Crippen LogP contribution in [0.1, 0.15) is 12.8 Å². The third-order valence-electron chi connectivity index (χ3n) is 1.59. The van der Waals surface area contributed by atoms with Gasteiger partial charge in [0.2, 0.25) is 0 Å². The minimum atomic E-state index is -0.547. The highest BCUT2D eigenvalue weighted by Gasteiger charge is 2.50. The number of hydrogen-bond donors (Lipinski definition) is 0. The Kier molecular flexibility index (Phi) is 1.27. The van der Waals surface area contributed by atoms with Crippen LogP contribution in [0.3, 0.4) is 0 Å². The lowest BCUT2D eigenvalue weighted by Gasteiger charge is -2.03. The molecule has 0 aromatic heterocycles. The number of nitrogens with zero attached hydrogens (tertiary/aromatic N) is 1. The van der Waals surface area contributed by atoms with Crippen molar-refractivity contribution >= 4 is 12.7 Å². The molecule has 0 N–H and O–H groups in total. The topological polar surface area (TPSA) is 38.7 Å². The monoisotopic (exact) mass is 127 g/mol. The quantitative estimate of drug-likeness (QED) is 0.397. The van der Waals surface area contributed by atoms with Crippen LogP contribution in [0.25, 0.3) is 0 Å². The van der Waals surface area contributed by atoms with E-state index in [0.29, 0.717) is 0 Å². The molecular weight excluding hydrogens is 118 g/mol. The number of esters is 1. The molecule has 1 saturated carbocycles. The molecule has 9 heavy (non-hydrogen) atoms. The maximum atomic E-state index is 10.8. The Hall–Kier alpha value is -0.860.